The van der Waals surface area contributed by atoms with Gasteiger partial charge < -0.3 is 10.1 Å². The van der Waals surface area contributed by atoms with Crippen molar-refractivity contribution in [3.63, 3.8) is 0 Å². The first-order valence-corrected chi connectivity index (χ1v) is 7.24. The van der Waals surface area contributed by atoms with E-state index < -0.39 is 12.0 Å². The number of amides is 1. The summed E-state index contributed by atoms with van der Waals surface area (Å²) in [5.74, 6) is -0.372. The second kappa shape index (κ2) is 6.89. The topological polar surface area (TPSA) is 55.4 Å². The van der Waals surface area contributed by atoms with E-state index in [9.17, 15) is 9.59 Å². The summed E-state index contributed by atoms with van der Waals surface area (Å²) in [6.07, 6.45) is 0.559. The van der Waals surface area contributed by atoms with Crippen molar-refractivity contribution in [2.45, 2.75) is 26.3 Å². The van der Waals surface area contributed by atoms with Crippen LogP contribution in [-0.4, -0.2) is 25.0 Å². The maximum atomic E-state index is 11.9. The number of hydrogen-bond acceptors (Lipinski definition) is 4. The normalized spacial score (nSPS) is 12.3. The molecule has 4 nitrogen and oxygen atoms in total. The van der Waals surface area contributed by atoms with Crippen LogP contribution in [0.15, 0.2) is 15.2 Å². The van der Waals surface area contributed by atoms with Crippen LogP contribution in [-0.2, 0) is 9.53 Å². The monoisotopic (exact) mass is 333 g/mol. The second-order valence-corrected chi connectivity index (χ2v) is 6.61. The number of hydrogen-bond donors (Lipinski definition) is 1. The van der Waals surface area contributed by atoms with Gasteiger partial charge in [-0.05, 0) is 34.3 Å². The molecule has 1 amide bonds. The highest BCUT2D eigenvalue weighted by molar-refractivity contribution is 9.11. The van der Waals surface area contributed by atoms with E-state index in [-0.39, 0.29) is 5.91 Å². The molecule has 1 rings (SSSR count). The van der Waals surface area contributed by atoms with Crippen LogP contribution in [0.2, 0.25) is 0 Å². The zero-order chi connectivity index (χ0) is 13.7. The Kier molecular flexibility index (Phi) is 5.81. The average molecular weight is 334 g/mol. The van der Waals surface area contributed by atoms with Gasteiger partial charge in [0, 0.05) is 5.38 Å². The summed E-state index contributed by atoms with van der Waals surface area (Å²) < 4.78 is 5.58. The first kappa shape index (κ1) is 15.2. The number of rotatable bonds is 5. The van der Waals surface area contributed by atoms with Crippen LogP contribution in [0.4, 0.5) is 0 Å². The number of thiophene rings is 1. The quantitative estimate of drug-likeness (QED) is 0.843. The summed E-state index contributed by atoms with van der Waals surface area (Å²) >= 11 is 4.72. The third-order valence-electron chi connectivity index (χ3n) is 2.33. The fraction of sp³-hybridized carbons (Fsp3) is 0.500. The zero-order valence-electron chi connectivity index (χ0n) is 10.5. The highest BCUT2D eigenvalue weighted by atomic mass is 79.9. The van der Waals surface area contributed by atoms with Crippen molar-refractivity contribution in [2.75, 3.05) is 7.11 Å². The molecule has 100 valence electrons. The smallest absolute Gasteiger partial charge is 0.328 e. The summed E-state index contributed by atoms with van der Waals surface area (Å²) in [6, 6.07) is 1.13. The summed E-state index contributed by atoms with van der Waals surface area (Å²) in [6.45, 7) is 3.98. The lowest BCUT2D eigenvalue weighted by atomic mass is 10.0. The predicted molar refractivity (Wildman–Crippen MR) is 74.7 cm³/mol. The van der Waals surface area contributed by atoms with E-state index in [4.69, 9.17) is 4.74 Å². The minimum Gasteiger partial charge on any atom is -0.467 e. The number of ether oxygens (including phenoxy) is 1. The van der Waals surface area contributed by atoms with Crippen molar-refractivity contribution in [1.29, 1.82) is 0 Å². The molecule has 6 heteroatoms. The second-order valence-electron chi connectivity index (χ2n) is 4.32. The Morgan fingerprint density at radius 2 is 2.17 bits per heavy atom. The van der Waals surface area contributed by atoms with E-state index in [1.165, 1.54) is 18.4 Å². The summed E-state index contributed by atoms with van der Waals surface area (Å²) in [4.78, 5) is 23.5. The fourth-order valence-corrected chi connectivity index (χ4v) is 2.64. The maximum Gasteiger partial charge on any atom is 0.328 e. The van der Waals surface area contributed by atoms with Crippen LogP contribution in [0.25, 0.3) is 0 Å². The summed E-state index contributed by atoms with van der Waals surface area (Å²) in [7, 11) is 1.32. The van der Waals surface area contributed by atoms with E-state index in [2.05, 4.69) is 21.2 Å². The van der Waals surface area contributed by atoms with Crippen LogP contribution in [0.3, 0.4) is 0 Å². The number of methoxy groups -OCH3 is 1. The molecule has 1 aromatic rings. The minimum atomic E-state index is -0.596. The van der Waals surface area contributed by atoms with E-state index in [0.29, 0.717) is 17.9 Å². The first-order valence-electron chi connectivity index (χ1n) is 5.56. The molecule has 0 aromatic carbocycles. The van der Waals surface area contributed by atoms with E-state index >= 15 is 0 Å². The lowest BCUT2D eigenvalue weighted by Gasteiger charge is -2.17. The van der Waals surface area contributed by atoms with Gasteiger partial charge in [-0.2, -0.15) is 0 Å². The van der Waals surface area contributed by atoms with Crippen molar-refractivity contribution in [3.05, 3.63) is 20.8 Å². The number of esters is 1. The van der Waals surface area contributed by atoms with Crippen LogP contribution in [0.5, 0.6) is 0 Å². The highest BCUT2D eigenvalue weighted by Crippen LogP contribution is 2.20. The molecule has 0 aliphatic heterocycles. The molecule has 1 heterocycles. The SMILES string of the molecule is COC(=O)C(CC(C)C)NC(=O)c1csc(Br)c1. The molecule has 0 spiro atoms. The Hall–Kier alpha value is -0.880. The Balaban J connectivity index is 2.71. The molecule has 1 N–H and O–H groups in total. The van der Waals surface area contributed by atoms with Gasteiger partial charge in [-0.25, -0.2) is 4.79 Å². The largest absolute Gasteiger partial charge is 0.467 e. The zero-order valence-corrected chi connectivity index (χ0v) is 12.9. The molecule has 0 saturated carbocycles. The number of carbonyl (C=O) groups excluding carboxylic acids is 2. The Morgan fingerprint density at radius 3 is 2.61 bits per heavy atom. The van der Waals surface area contributed by atoms with Gasteiger partial charge in [0.15, 0.2) is 0 Å². The number of nitrogens with one attached hydrogen (secondary N) is 1. The molecule has 0 radical (unpaired) electrons. The van der Waals surface area contributed by atoms with Crippen molar-refractivity contribution >= 4 is 39.1 Å². The lowest BCUT2D eigenvalue weighted by molar-refractivity contribution is -0.143. The number of halogens is 1. The fourth-order valence-electron chi connectivity index (χ4n) is 1.50. The van der Waals surface area contributed by atoms with Crippen molar-refractivity contribution in [1.82, 2.24) is 5.32 Å². The third-order valence-corrected chi connectivity index (χ3v) is 3.83. The van der Waals surface area contributed by atoms with Gasteiger partial charge in [0.05, 0.1) is 16.5 Å². The molecule has 1 atom stereocenters. The standard InChI is InChI=1S/C12H16BrNO3S/c1-7(2)4-9(12(16)17-3)14-11(15)8-5-10(13)18-6-8/h5-7,9H,4H2,1-3H3,(H,14,15). The Morgan fingerprint density at radius 1 is 1.50 bits per heavy atom. The third kappa shape index (κ3) is 4.42. The van der Waals surface area contributed by atoms with Gasteiger partial charge in [0.2, 0.25) is 0 Å². The van der Waals surface area contributed by atoms with E-state index in [1.807, 2.05) is 13.8 Å². The highest BCUT2D eigenvalue weighted by Gasteiger charge is 2.23. The molecule has 0 aliphatic rings. The summed E-state index contributed by atoms with van der Waals surface area (Å²) in [5, 5.41) is 4.44. The molecule has 18 heavy (non-hydrogen) atoms. The van der Waals surface area contributed by atoms with E-state index in [1.54, 1.807) is 11.4 Å². The van der Waals surface area contributed by atoms with Crippen LogP contribution < -0.4 is 5.32 Å². The van der Waals surface area contributed by atoms with E-state index in [0.717, 1.165) is 3.79 Å². The molecular formula is C12H16BrNO3S. The van der Waals surface area contributed by atoms with Gasteiger partial charge in [0.1, 0.15) is 6.04 Å². The van der Waals surface area contributed by atoms with Gasteiger partial charge >= 0.3 is 5.97 Å². The molecule has 0 fully saturated rings. The van der Waals surface area contributed by atoms with Crippen LogP contribution in [0.1, 0.15) is 30.6 Å². The minimum absolute atomic E-state index is 0.256. The first-order chi connectivity index (χ1) is 8.43. The van der Waals surface area contributed by atoms with Crippen molar-refractivity contribution in [3.8, 4) is 0 Å². The van der Waals surface area contributed by atoms with Crippen LogP contribution >= 0.6 is 27.3 Å². The Labute approximate surface area is 119 Å². The van der Waals surface area contributed by atoms with Crippen LogP contribution in [0, 0.1) is 5.92 Å². The van der Waals surface area contributed by atoms with Gasteiger partial charge in [-0.15, -0.1) is 11.3 Å². The van der Waals surface area contributed by atoms with Gasteiger partial charge in [0.25, 0.3) is 5.91 Å². The molecular weight excluding hydrogens is 318 g/mol. The lowest BCUT2D eigenvalue weighted by Crippen LogP contribution is -2.42. The van der Waals surface area contributed by atoms with Gasteiger partial charge in [-0.1, -0.05) is 13.8 Å². The Bertz CT molecular complexity index is 431. The number of carbonyl (C=O) groups is 2. The van der Waals surface area contributed by atoms with Crippen molar-refractivity contribution < 1.29 is 14.3 Å². The predicted octanol–water partition coefficient (Wildman–Crippen LogP) is 2.83. The van der Waals surface area contributed by atoms with Gasteiger partial charge in [-0.3, -0.25) is 4.79 Å². The molecule has 0 bridgehead atoms. The summed E-state index contributed by atoms with van der Waals surface area (Å²) in [5.41, 5.74) is 0.546. The maximum absolute atomic E-state index is 11.9. The molecule has 0 saturated heterocycles. The average Bonchev–Trinajstić information content (AvgIpc) is 2.73. The molecule has 1 unspecified atom stereocenters. The van der Waals surface area contributed by atoms with Crippen molar-refractivity contribution in [2.24, 2.45) is 5.92 Å². The molecule has 1 aromatic heterocycles. The molecule has 0 aliphatic carbocycles.